The summed E-state index contributed by atoms with van der Waals surface area (Å²) in [6.07, 6.45) is 1.50. The van der Waals surface area contributed by atoms with E-state index < -0.39 is 6.97 Å². The smallest absolute Gasteiger partial charge is 0.393 e. The summed E-state index contributed by atoms with van der Waals surface area (Å²) in [6, 6.07) is 2.05. The minimum atomic E-state index is -3.94. The van der Waals surface area contributed by atoms with Crippen LogP contribution < -0.4 is 0 Å². The first-order chi connectivity index (χ1) is 13.2. The van der Waals surface area contributed by atoms with Crippen LogP contribution in [0.25, 0.3) is 5.57 Å². The number of fused-ring (bicyclic) bond motifs is 2. The Balaban J connectivity index is 2.23. The van der Waals surface area contributed by atoms with Gasteiger partial charge in [0.15, 0.2) is 5.70 Å². The van der Waals surface area contributed by atoms with Gasteiger partial charge in [0.1, 0.15) is 5.71 Å². The van der Waals surface area contributed by atoms with Crippen LogP contribution in [0.3, 0.4) is 0 Å². The molecule has 7 heteroatoms. The van der Waals surface area contributed by atoms with Crippen LogP contribution in [0.15, 0.2) is 32.8 Å². The van der Waals surface area contributed by atoms with Crippen molar-refractivity contribution in [3.63, 3.8) is 0 Å². The molecule has 0 radical (unpaired) electrons. The number of allylic oxidation sites excluding steroid dienone is 2. The molecule has 0 fully saturated rings. The number of hydrogen-bond donors (Lipinski definition) is 0. The summed E-state index contributed by atoms with van der Waals surface area (Å²) in [5, 5.41) is 2.02. The largest absolute Gasteiger partial charge is 0.737 e. The standard InChI is InChI=1S/C21H24BBrF2N2S/c1-7-16-11(3)20-19(18-9-15(23)10-28-18)21-12(4)17(8-2)14(6)27(21)22(24,25)26(20)13(16)5/h9-10H,7-8H2,1-6H3. The summed E-state index contributed by atoms with van der Waals surface area (Å²) in [5.41, 5.74) is 7.68. The zero-order chi connectivity index (χ0) is 20.5. The fourth-order valence-electron chi connectivity index (χ4n) is 5.16. The molecule has 2 aliphatic heterocycles. The van der Waals surface area contributed by atoms with E-state index >= 15 is 8.63 Å². The minimum absolute atomic E-state index is 0.683. The molecule has 148 valence electrons. The third-order valence-electron chi connectivity index (χ3n) is 6.31. The minimum Gasteiger partial charge on any atom is -0.393 e. The lowest BCUT2D eigenvalue weighted by Gasteiger charge is -2.33. The van der Waals surface area contributed by atoms with Gasteiger partial charge in [0, 0.05) is 38.5 Å². The van der Waals surface area contributed by atoms with Crippen LogP contribution in [-0.2, 0) is 6.42 Å². The summed E-state index contributed by atoms with van der Waals surface area (Å²) in [5.74, 6) is 0. The Labute approximate surface area is 177 Å². The molecule has 0 atom stereocenters. The van der Waals surface area contributed by atoms with E-state index in [2.05, 4.69) is 15.9 Å². The van der Waals surface area contributed by atoms with Crippen LogP contribution in [0, 0.1) is 13.8 Å². The van der Waals surface area contributed by atoms with Crippen LogP contribution in [0.1, 0.15) is 61.5 Å². The van der Waals surface area contributed by atoms with Crippen molar-refractivity contribution in [1.29, 1.82) is 0 Å². The Morgan fingerprint density at radius 3 is 2.36 bits per heavy atom. The van der Waals surface area contributed by atoms with Gasteiger partial charge in [-0.1, -0.05) is 13.8 Å². The van der Waals surface area contributed by atoms with Gasteiger partial charge in [-0.25, -0.2) is 0 Å². The number of thiophene rings is 1. The molecule has 0 saturated heterocycles. The van der Waals surface area contributed by atoms with Gasteiger partial charge in [-0.15, -0.1) is 11.3 Å². The molecule has 0 amide bonds. The second-order valence-electron chi connectivity index (χ2n) is 7.61. The zero-order valence-electron chi connectivity index (χ0n) is 17.1. The summed E-state index contributed by atoms with van der Waals surface area (Å²) in [6.45, 7) is 7.80. The second kappa shape index (κ2) is 6.53. The third kappa shape index (κ3) is 2.38. The summed E-state index contributed by atoms with van der Waals surface area (Å²) in [4.78, 5) is 1.02. The topological polar surface area (TPSA) is 7.94 Å². The molecular formula is C21H24BBrF2N2S. The van der Waals surface area contributed by atoms with Gasteiger partial charge < -0.3 is 17.6 Å². The third-order valence-corrected chi connectivity index (χ3v) is 8.02. The Bertz CT molecular complexity index is 1120. The van der Waals surface area contributed by atoms with Crippen molar-refractivity contribution in [3.05, 3.63) is 60.2 Å². The van der Waals surface area contributed by atoms with Crippen molar-refractivity contribution in [2.75, 3.05) is 0 Å². The van der Waals surface area contributed by atoms with E-state index in [0.29, 0.717) is 22.8 Å². The Hall–Kier alpha value is -1.47. The van der Waals surface area contributed by atoms with Crippen LogP contribution in [0.2, 0.25) is 0 Å². The van der Waals surface area contributed by atoms with Crippen LogP contribution in [0.4, 0.5) is 8.63 Å². The SMILES string of the molecule is CCC1=C(C)C2=C(c3cc(Br)cs3)c3c(C)c(CC)c(C)n3[B-](F)(F)[N+]2=C1C. The monoisotopic (exact) mass is 464 g/mol. The van der Waals surface area contributed by atoms with Crippen LogP contribution >= 0.6 is 27.3 Å². The van der Waals surface area contributed by atoms with Gasteiger partial charge >= 0.3 is 6.97 Å². The lowest BCUT2D eigenvalue weighted by molar-refractivity contribution is -0.363. The second-order valence-corrected chi connectivity index (χ2v) is 9.44. The van der Waals surface area contributed by atoms with Crippen molar-refractivity contribution in [1.82, 2.24) is 4.48 Å². The maximum atomic E-state index is 16.0. The molecule has 0 aliphatic carbocycles. The molecule has 0 bridgehead atoms. The fourth-order valence-corrected chi connectivity index (χ4v) is 6.63. The molecular weight excluding hydrogens is 441 g/mol. The lowest BCUT2D eigenvalue weighted by Crippen LogP contribution is -2.51. The summed E-state index contributed by atoms with van der Waals surface area (Å²) in [7, 11) is 0. The number of rotatable bonds is 3. The van der Waals surface area contributed by atoms with Gasteiger partial charge in [0.2, 0.25) is 0 Å². The molecule has 0 unspecified atom stereocenters. The molecule has 2 aromatic heterocycles. The van der Waals surface area contributed by atoms with E-state index in [0.717, 1.165) is 50.0 Å². The van der Waals surface area contributed by atoms with Gasteiger partial charge in [-0.3, -0.25) is 0 Å². The van der Waals surface area contributed by atoms with Crippen molar-refractivity contribution >= 4 is 45.5 Å². The fraction of sp³-hybridized carbons (Fsp3) is 0.381. The molecule has 2 aromatic rings. The number of aromatic nitrogens is 1. The van der Waals surface area contributed by atoms with Crippen LogP contribution in [0.5, 0.6) is 0 Å². The van der Waals surface area contributed by atoms with E-state index in [4.69, 9.17) is 0 Å². The highest BCUT2D eigenvalue weighted by atomic mass is 79.9. The van der Waals surface area contributed by atoms with Gasteiger partial charge in [0.05, 0.1) is 5.57 Å². The number of halogens is 3. The van der Waals surface area contributed by atoms with Gasteiger partial charge in [-0.2, -0.15) is 0 Å². The maximum absolute atomic E-state index is 16.0. The van der Waals surface area contributed by atoms with Crippen molar-refractivity contribution < 1.29 is 13.1 Å². The molecule has 0 spiro atoms. The quantitative estimate of drug-likeness (QED) is 0.446. The van der Waals surface area contributed by atoms with E-state index in [9.17, 15) is 0 Å². The molecule has 4 heterocycles. The highest BCUT2D eigenvalue weighted by Crippen LogP contribution is 2.48. The highest BCUT2D eigenvalue weighted by Gasteiger charge is 2.56. The zero-order valence-corrected chi connectivity index (χ0v) is 19.5. The molecule has 4 rings (SSSR count). The molecule has 2 nitrogen and oxygen atoms in total. The van der Waals surface area contributed by atoms with Crippen LogP contribution in [-0.4, -0.2) is 21.6 Å². The first-order valence-electron chi connectivity index (χ1n) is 9.71. The molecule has 0 saturated carbocycles. The van der Waals surface area contributed by atoms with Crippen molar-refractivity contribution in [2.24, 2.45) is 0 Å². The van der Waals surface area contributed by atoms with Gasteiger partial charge in [-0.05, 0) is 72.4 Å². The van der Waals surface area contributed by atoms with Gasteiger partial charge in [0.25, 0.3) is 0 Å². The first kappa shape index (κ1) is 19.8. The van der Waals surface area contributed by atoms with E-state index in [1.165, 1.54) is 8.96 Å². The Morgan fingerprint density at radius 1 is 1.14 bits per heavy atom. The van der Waals surface area contributed by atoms with E-state index in [1.807, 2.05) is 53.0 Å². The number of hydrogen-bond acceptors (Lipinski definition) is 1. The number of nitrogens with zero attached hydrogens (tertiary/aromatic N) is 2. The van der Waals surface area contributed by atoms with E-state index in [-0.39, 0.29) is 0 Å². The lowest BCUT2D eigenvalue weighted by atomic mass is 9.85. The van der Waals surface area contributed by atoms with Crippen molar-refractivity contribution in [3.8, 4) is 0 Å². The first-order valence-corrected chi connectivity index (χ1v) is 11.4. The van der Waals surface area contributed by atoms with Crippen molar-refractivity contribution in [2.45, 2.75) is 54.4 Å². The molecule has 0 aromatic carbocycles. The molecule has 2 aliphatic rings. The average Bonchev–Trinajstić information content (AvgIpc) is 3.24. The summed E-state index contributed by atoms with van der Waals surface area (Å²) < 4.78 is 35.7. The molecule has 28 heavy (non-hydrogen) atoms. The predicted octanol–water partition coefficient (Wildman–Crippen LogP) is 6.70. The maximum Gasteiger partial charge on any atom is 0.737 e. The normalized spacial score (nSPS) is 18.3. The Morgan fingerprint density at radius 2 is 1.82 bits per heavy atom. The van der Waals surface area contributed by atoms with E-state index in [1.54, 1.807) is 11.3 Å². The Kier molecular flexibility index (Phi) is 4.62. The predicted molar refractivity (Wildman–Crippen MR) is 119 cm³/mol. The highest BCUT2D eigenvalue weighted by molar-refractivity contribution is 9.10. The average molecular weight is 465 g/mol. The summed E-state index contributed by atoms with van der Waals surface area (Å²) >= 11 is 5.14. The molecule has 0 N–H and O–H groups in total.